The van der Waals surface area contributed by atoms with Crippen LogP contribution in [0.15, 0.2) is 54.6 Å². The Balaban J connectivity index is 1.41. The lowest BCUT2D eigenvalue weighted by Crippen LogP contribution is -2.58. The summed E-state index contributed by atoms with van der Waals surface area (Å²) >= 11 is 1.62. The van der Waals surface area contributed by atoms with Gasteiger partial charge in [-0.25, -0.2) is 0 Å². The number of benzene rings is 2. The van der Waals surface area contributed by atoms with Crippen LogP contribution in [0.25, 0.3) is 0 Å². The summed E-state index contributed by atoms with van der Waals surface area (Å²) < 4.78 is -0.481. The normalized spacial score (nSPS) is 21.2. The van der Waals surface area contributed by atoms with Gasteiger partial charge in [0.25, 0.3) is 5.91 Å². The van der Waals surface area contributed by atoms with E-state index in [1.165, 1.54) is 5.56 Å². The van der Waals surface area contributed by atoms with Crippen molar-refractivity contribution in [2.45, 2.75) is 62.7 Å². The average Bonchev–Trinajstić information content (AvgIpc) is 3.24. The van der Waals surface area contributed by atoms with E-state index >= 15 is 0 Å². The maximum absolute atomic E-state index is 13.5. The summed E-state index contributed by atoms with van der Waals surface area (Å²) in [7, 11) is 0. The zero-order valence-electron chi connectivity index (χ0n) is 20.2. The molecular formula is C27H33N3O3S. The molecule has 6 nitrogen and oxygen atoms in total. The van der Waals surface area contributed by atoms with Crippen LogP contribution < -0.4 is 10.6 Å². The van der Waals surface area contributed by atoms with Gasteiger partial charge in [-0.05, 0) is 49.8 Å². The quantitative estimate of drug-likeness (QED) is 0.563. The van der Waals surface area contributed by atoms with Crippen molar-refractivity contribution < 1.29 is 14.4 Å². The molecule has 0 bridgehead atoms. The van der Waals surface area contributed by atoms with Crippen molar-refractivity contribution in [2.24, 2.45) is 5.92 Å². The molecule has 2 aromatic rings. The first-order chi connectivity index (χ1) is 16.2. The van der Waals surface area contributed by atoms with Gasteiger partial charge in [0.15, 0.2) is 0 Å². The fourth-order valence-electron chi connectivity index (χ4n) is 4.83. The molecule has 2 heterocycles. The topological polar surface area (TPSA) is 78.5 Å². The number of carbonyl (C=O) groups is 3. The predicted octanol–water partition coefficient (Wildman–Crippen LogP) is 3.92. The predicted molar refractivity (Wildman–Crippen MR) is 135 cm³/mol. The molecule has 0 saturated carbocycles. The lowest BCUT2D eigenvalue weighted by atomic mass is 9.98. The van der Waals surface area contributed by atoms with Crippen LogP contribution in [0.1, 0.15) is 61.0 Å². The van der Waals surface area contributed by atoms with E-state index in [0.29, 0.717) is 12.1 Å². The Labute approximate surface area is 205 Å². The van der Waals surface area contributed by atoms with Crippen LogP contribution in [0.4, 0.5) is 0 Å². The van der Waals surface area contributed by atoms with Gasteiger partial charge in [0, 0.05) is 16.9 Å². The first kappa shape index (κ1) is 24.3. The fourth-order valence-corrected chi connectivity index (χ4v) is 6.42. The van der Waals surface area contributed by atoms with Gasteiger partial charge < -0.3 is 15.5 Å². The Morgan fingerprint density at radius 2 is 1.74 bits per heavy atom. The summed E-state index contributed by atoms with van der Waals surface area (Å²) in [6, 6.07) is 16.4. The van der Waals surface area contributed by atoms with E-state index in [9.17, 15) is 14.4 Å². The number of rotatable bonds is 8. The third-order valence-electron chi connectivity index (χ3n) is 6.58. The molecule has 7 heteroatoms. The molecule has 0 aliphatic carbocycles. The van der Waals surface area contributed by atoms with Crippen molar-refractivity contribution in [2.75, 3.05) is 6.54 Å². The molecule has 180 valence electrons. The van der Waals surface area contributed by atoms with Crippen LogP contribution >= 0.6 is 11.8 Å². The smallest absolute Gasteiger partial charge is 0.256 e. The molecule has 1 fully saturated rings. The zero-order valence-corrected chi connectivity index (χ0v) is 21.0. The fraction of sp³-hybridized carbons (Fsp3) is 0.444. The molecule has 0 radical (unpaired) electrons. The number of fused-ring (bicyclic) bond motifs is 3. The molecule has 0 unspecified atom stereocenters. The Kier molecular flexibility index (Phi) is 7.03. The second-order valence-electron chi connectivity index (χ2n) is 9.89. The number of nitrogens with zero attached hydrogens (tertiary/aromatic N) is 1. The number of hydrogen-bond acceptors (Lipinski definition) is 4. The van der Waals surface area contributed by atoms with Crippen LogP contribution in [0.5, 0.6) is 0 Å². The van der Waals surface area contributed by atoms with E-state index in [-0.39, 0.29) is 29.0 Å². The lowest BCUT2D eigenvalue weighted by Gasteiger charge is -2.32. The number of amides is 3. The largest absolute Gasteiger partial charge is 0.354 e. The Bertz CT molecular complexity index is 1070. The third kappa shape index (κ3) is 4.71. The minimum atomic E-state index is -0.663. The van der Waals surface area contributed by atoms with Crippen LogP contribution in [0, 0.1) is 5.92 Å². The van der Waals surface area contributed by atoms with Gasteiger partial charge in [0.1, 0.15) is 17.5 Å². The maximum atomic E-state index is 13.5. The average molecular weight is 480 g/mol. The summed E-state index contributed by atoms with van der Waals surface area (Å²) in [4.78, 5) is 41.4. The SMILES string of the molecule is CC(C)[C@H](NC(=O)[C@H]1N2C(=O)c3ccccc3[C@H]2SC1(C)C)C(=O)NCCCc1ccccc1. The van der Waals surface area contributed by atoms with Gasteiger partial charge in [-0.3, -0.25) is 14.4 Å². The molecule has 3 atom stereocenters. The van der Waals surface area contributed by atoms with Crippen LogP contribution in [0.3, 0.4) is 0 Å². The maximum Gasteiger partial charge on any atom is 0.256 e. The van der Waals surface area contributed by atoms with Gasteiger partial charge >= 0.3 is 0 Å². The van der Waals surface area contributed by atoms with E-state index in [1.54, 1.807) is 16.7 Å². The van der Waals surface area contributed by atoms with Crippen molar-refractivity contribution in [3.05, 3.63) is 71.3 Å². The van der Waals surface area contributed by atoms with Gasteiger partial charge in [0.05, 0.1) is 0 Å². The summed E-state index contributed by atoms with van der Waals surface area (Å²) in [5, 5.41) is 5.77. The van der Waals surface area contributed by atoms with Gasteiger partial charge in [-0.15, -0.1) is 11.8 Å². The van der Waals surface area contributed by atoms with E-state index in [4.69, 9.17) is 0 Å². The van der Waals surface area contributed by atoms with Crippen molar-refractivity contribution in [1.82, 2.24) is 15.5 Å². The van der Waals surface area contributed by atoms with Gasteiger partial charge in [0.2, 0.25) is 11.8 Å². The first-order valence-corrected chi connectivity index (χ1v) is 12.8. The first-order valence-electron chi connectivity index (χ1n) is 11.9. The third-order valence-corrected chi connectivity index (χ3v) is 8.11. The highest BCUT2D eigenvalue weighted by atomic mass is 32.2. The van der Waals surface area contributed by atoms with Crippen LogP contribution in [-0.2, 0) is 16.0 Å². The summed E-state index contributed by atoms with van der Waals surface area (Å²) in [5.74, 6) is -0.672. The highest BCUT2D eigenvalue weighted by Gasteiger charge is 2.57. The second kappa shape index (κ2) is 9.82. The van der Waals surface area contributed by atoms with Crippen molar-refractivity contribution in [3.8, 4) is 0 Å². The summed E-state index contributed by atoms with van der Waals surface area (Å²) in [6.45, 7) is 8.36. The zero-order chi connectivity index (χ0) is 24.5. The highest BCUT2D eigenvalue weighted by Crippen LogP contribution is 2.56. The standard InChI is InChI=1S/C27H33N3O3S/c1-17(2)21(23(31)28-16-10-13-18-11-6-5-7-12-18)29-24(32)22-27(3,4)34-26-20-15-9-8-14-19(20)25(33)30(22)26/h5-9,11-12,14-15,17,21-22,26H,10,13,16H2,1-4H3,(H,28,31)(H,29,32)/t21-,22+,26+/m0/s1. The van der Waals surface area contributed by atoms with E-state index < -0.39 is 16.8 Å². The Morgan fingerprint density at radius 1 is 1.06 bits per heavy atom. The molecular weight excluding hydrogens is 446 g/mol. The lowest BCUT2D eigenvalue weighted by molar-refractivity contribution is -0.132. The highest BCUT2D eigenvalue weighted by molar-refractivity contribution is 8.01. The van der Waals surface area contributed by atoms with E-state index in [2.05, 4.69) is 22.8 Å². The molecule has 1 saturated heterocycles. The Hall–Kier alpha value is -2.80. The molecule has 4 rings (SSSR count). The molecule has 3 amide bonds. The molecule has 2 aliphatic rings. The monoisotopic (exact) mass is 479 g/mol. The van der Waals surface area contributed by atoms with Crippen molar-refractivity contribution in [3.63, 3.8) is 0 Å². The van der Waals surface area contributed by atoms with Crippen LogP contribution in [0.2, 0.25) is 0 Å². The second-order valence-corrected chi connectivity index (χ2v) is 11.6. The summed E-state index contributed by atoms with van der Waals surface area (Å²) in [5.41, 5.74) is 2.85. The number of thioether (sulfide) groups is 1. The number of aryl methyl sites for hydroxylation is 1. The molecule has 2 aliphatic heterocycles. The Morgan fingerprint density at radius 3 is 2.44 bits per heavy atom. The minimum Gasteiger partial charge on any atom is -0.354 e. The van der Waals surface area contributed by atoms with Crippen molar-refractivity contribution >= 4 is 29.5 Å². The van der Waals surface area contributed by atoms with Crippen LogP contribution in [-0.4, -0.2) is 46.0 Å². The van der Waals surface area contributed by atoms with Gasteiger partial charge in [-0.1, -0.05) is 62.4 Å². The summed E-state index contributed by atoms with van der Waals surface area (Å²) in [6.07, 6.45) is 1.70. The van der Waals surface area contributed by atoms with Gasteiger partial charge in [-0.2, -0.15) is 0 Å². The number of carbonyl (C=O) groups excluding carboxylic acids is 3. The molecule has 0 spiro atoms. The molecule has 2 aromatic carbocycles. The van der Waals surface area contributed by atoms with Crippen molar-refractivity contribution in [1.29, 1.82) is 0 Å². The van der Waals surface area contributed by atoms with E-state index in [1.807, 2.05) is 70.2 Å². The molecule has 34 heavy (non-hydrogen) atoms. The molecule has 2 N–H and O–H groups in total. The minimum absolute atomic E-state index is 0.0856. The number of nitrogens with one attached hydrogen (secondary N) is 2. The molecule has 0 aromatic heterocycles. The van der Waals surface area contributed by atoms with E-state index in [0.717, 1.165) is 18.4 Å². The number of hydrogen-bond donors (Lipinski definition) is 2.